The van der Waals surface area contributed by atoms with Gasteiger partial charge in [-0.2, -0.15) is 0 Å². The number of likely N-dealkylation sites (tertiary alicyclic amines) is 1. The van der Waals surface area contributed by atoms with E-state index in [9.17, 15) is 14.4 Å². The Balaban J connectivity index is 1.80. The van der Waals surface area contributed by atoms with Crippen molar-refractivity contribution in [2.75, 3.05) is 13.2 Å². The molecule has 1 fully saturated rings. The van der Waals surface area contributed by atoms with Crippen molar-refractivity contribution in [3.63, 3.8) is 0 Å². The van der Waals surface area contributed by atoms with Gasteiger partial charge in [-0.15, -0.1) is 0 Å². The lowest BCUT2D eigenvalue weighted by molar-refractivity contribution is -0.143. The molecule has 24 heavy (non-hydrogen) atoms. The Labute approximate surface area is 142 Å². The van der Waals surface area contributed by atoms with E-state index in [1.807, 2.05) is 30.3 Å². The number of carbonyl (C=O) groups is 3. The van der Waals surface area contributed by atoms with E-state index in [4.69, 9.17) is 4.74 Å². The van der Waals surface area contributed by atoms with E-state index < -0.39 is 0 Å². The monoisotopic (exact) mass is 329 g/mol. The van der Waals surface area contributed by atoms with Crippen LogP contribution in [0.4, 0.5) is 0 Å². The van der Waals surface area contributed by atoms with Crippen molar-refractivity contribution in [3.8, 4) is 0 Å². The molecule has 2 rings (SSSR count). The standard InChI is InChI=1S/C19H23NO4/c1-2-24-18(22)11-7-4-8-12-20-17(21)14-16(19(20)23)13-15-9-5-3-6-10-15/h3,5-6,9-10,13H,2,4,7-8,11-12,14H2,1H3/b16-13+. The Bertz CT molecular complexity index is 622. The molecule has 0 atom stereocenters. The largest absolute Gasteiger partial charge is 0.466 e. The predicted molar refractivity (Wildman–Crippen MR) is 90.9 cm³/mol. The number of benzene rings is 1. The lowest BCUT2D eigenvalue weighted by atomic mass is 10.1. The lowest BCUT2D eigenvalue weighted by Gasteiger charge is -2.12. The topological polar surface area (TPSA) is 63.7 Å². The fourth-order valence-corrected chi connectivity index (χ4v) is 2.66. The Morgan fingerprint density at radius 3 is 2.62 bits per heavy atom. The van der Waals surface area contributed by atoms with E-state index in [1.54, 1.807) is 13.0 Å². The highest BCUT2D eigenvalue weighted by molar-refractivity contribution is 6.15. The molecule has 5 heteroatoms. The zero-order valence-corrected chi connectivity index (χ0v) is 14.0. The summed E-state index contributed by atoms with van der Waals surface area (Å²) in [7, 11) is 0. The molecular formula is C19H23NO4. The van der Waals surface area contributed by atoms with Gasteiger partial charge in [0.15, 0.2) is 0 Å². The second-order valence-corrected chi connectivity index (χ2v) is 5.72. The van der Waals surface area contributed by atoms with Crippen LogP contribution in [0.3, 0.4) is 0 Å². The first-order valence-corrected chi connectivity index (χ1v) is 8.37. The second kappa shape index (κ2) is 9.01. The summed E-state index contributed by atoms with van der Waals surface area (Å²) in [5, 5.41) is 0. The molecule has 0 unspecified atom stereocenters. The highest BCUT2D eigenvalue weighted by Crippen LogP contribution is 2.22. The molecule has 1 heterocycles. The van der Waals surface area contributed by atoms with Crippen LogP contribution in [0.25, 0.3) is 6.08 Å². The molecule has 0 saturated carbocycles. The van der Waals surface area contributed by atoms with Crippen molar-refractivity contribution < 1.29 is 19.1 Å². The zero-order chi connectivity index (χ0) is 17.4. The van der Waals surface area contributed by atoms with Crippen molar-refractivity contribution >= 4 is 23.9 Å². The molecule has 0 aromatic heterocycles. The third-order valence-corrected chi connectivity index (χ3v) is 3.87. The number of carbonyl (C=O) groups excluding carboxylic acids is 3. The summed E-state index contributed by atoms with van der Waals surface area (Å²) in [5.41, 5.74) is 1.46. The SMILES string of the molecule is CCOC(=O)CCCCCN1C(=O)C/C(=C\c2ccccc2)C1=O. The first-order valence-electron chi connectivity index (χ1n) is 8.37. The van der Waals surface area contributed by atoms with Gasteiger partial charge in [-0.3, -0.25) is 19.3 Å². The van der Waals surface area contributed by atoms with Gasteiger partial charge in [0.05, 0.1) is 13.0 Å². The Hall–Kier alpha value is -2.43. The number of imide groups is 1. The number of esters is 1. The summed E-state index contributed by atoms with van der Waals surface area (Å²) < 4.78 is 4.86. The van der Waals surface area contributed by atoms with Crippen molar-refractivity contribution in [3.05, 3.63) is 41.5 Å². The van der Waals surface area contributed by atoms with E-state index >= 15 is 0 Å². The summed E-state index contributed by atoms with van der Waals surface area (Å²) >= 11 is 0. The highest BCUT2D eigenvalue weighted by Gasteiger charge is 2.32. The van der Waals surface area contributed by atoms with Crippen LogP contribution < -0.4 is 0 Å². The maximum Gasteiger partial charge on any atom is 0.305 e. The quantitative estimate of drug-likeness (QED) is 0.318. The van der Waals surface area contributed by atoms with E-state index in [1.165, 1.54) is 4.90 Å². The van der Waals surface area contributed by atoms with Crippen LogP contribution in [0, 0.1) is 0 Å². The highest BCUT2D eigenvalue weighted by atomic mass is 16.5. The summed E-state index contributed by atoms with van der Waals surface area (Å²) in [6, 6.07) is 9.52. The molecule has 1 aliphatic rings. The minimum absolute atomic E-state index is 0.146. The Morgan fingerprint density at radius 2 is 1.92 bits per heavy atom. The van der Waals surface area contributed by atoms with Crippen molar-refractivity contribution in [2.45, 2.75) is 39.0 Å². The van der Waals surface area contributed by atoms with Crippen LogP contribution in [0.1, 0.15) is 44.6 Å². The molecule has 5 nitrogen and oxygen atoms in total. The van der Waals surface area contributed by atoms with Crippen molar-refractivity contribution in [2.24, 2.45) is 0 Å². The summed E-state index contributed by atoms with van der Waals surface area (Å²) in [6.45, 7) is 2.59. The first kappa shape index (κ1) is 17.9. The Morgan fingerprint density at radius 1 is 1.17 bits per heavy atom. The first-order chi connectivity index (χ1) is 11.6. The van der Waals surface area contributed by atoms with Gasteiger partial charge in [0, 0.05) is 18.5 Å². The van der Waals surface area contributed by atoms with Gasteiger partial charge < -0.3 is 4.74 Å². The molecule has 1 aromatic rings. The smallest absolute Gasteiger partial charge is 0.305 e. The fraction of sp³-hybridized carbons (Fsp3) is 0.421. The van der Waals surface area contributed by atoms with Crippen molar-refractivity contribution in [1.82, 2.24) is 4.90 Å². The molecule has 128 valence electrons. The molecule has 0 radical (unpaired) electrons. The summed E-state index contributed by atoms with van der Waals surface area (Å²) in [4.78, 5) is 36.9. The van der Waals surface area contributed by atoms with Gasteiger partial charge in [0.1, 0.15) is 0 Å². The minimum atomic E-state index is -0.200. The van der Waals surface area contributed by atoms with Crippen LogP contribution in [0.2, 0.25) is 0 Å². The normalized spacial score (nSPS) is 16.0. The average molecular weight is 329 g/mol. The molecule has 0 aliphatic carbocycles. The van der Waals surface area contributed by atoms with Gasteiger partial charge in [0.2, 0.25) is 5.91 Å². The van der Waals surface area contributed by atoms with E-state index in [-0.39, 0.29) is 24.2 Å². The number of ether oxygens (including phenoxy) is 1. The molecule has 0 bridgehead atoms. The van der Waals surface area contributed by atoms with Gasteiger partial charge in [-0.25, -0.2) is 0 Å². The zero-order valence-electron chi connectivity index (χ0n) is 14.0. The second-order valence-electron chi connectivity index (χ2n) is 5.72. The number of amides is 2. The summed E-state index contributed by atoms with van der Waals surface area (Å²) in [5.74, 6) is -0.541. The maximum atomic E-state index is 12.3. The third-order valence-electron chi connectivity index (χ3n) is 3.87. The van der Waals surface area contributed by atoms with Crippen LogP contribution in [-0.4, -0.2) is 35.8 Å². The van der Waals surface area contributed by atoms with Gasteiger partial charge >= 0.3 is 5.97 Å². The van der Waals surface area contributed by atoms with Gasteiger partial charge in [0.25, 0.3) is 5.91 Å². The number of nitrogens with zero attached hydrogens (tertiary/aromatic N) is 1. The van der Waals surface area contributed by atoms with E-state index in [0.717, 1.165) is 12.0 Å². The fourth-order valence-electron chi connectivity index (χ4n) is 2.66. The third kappa shape index (κ3) is 5.05. The van der Waals surface area contributed by atoms with Crippen LogP contribution in [0.15, 0.2) is 35.9 Å². The number of hydrogen-bond donors (Lipinski definition) is 0. The van der Waals surface area contributed by atoms with E-state index in [2.05, 4.69) is 0 Å². The number of hydrogen-bond acceptors (Lipinski definition) is 4. The van der Waals surface area contributed by atoms with Crippen LogP contribution in [-0.2, 0) is 19.1 Å². The number of unbranched alkanes of at least 4 members (excludes halogenated alkanes) is 2. The molecular weight excluding hydrogens is 306 g/mol. The molecule has 1 aliphatic heterocycles. The summed E-state index contributed by atoms with van der Waals surface area (Å²) in [6.07, 6.45) is 4.53. The van der Waals surface area contributed by atoms with Crippen molar-refractivity contribution in [1.29, 1.82) is 0 Å². The lowest BCUT2D eigenvalue weighted by Crippen LogP contribution is -2.30. The van der Waals surface area contributed by atoms with Gasteiger partial charge in [-0.1, -0.05) is 36.8 Å². The Kier molecular flexibility index (Phi) is 6.73. The van der Waals surface area contributed by atoms with E-state index in [0.29, 0.717) is 38.0 Å². The molecule has 1 aromatic carbocycles. The average Bonchev–Trinajstić information content (AvgIpc) is 2.83. The number of rotatable bonds is 8. The minimum Gasteiger partial charge on any atom is -0.466 e. The predicted octanol–water partition coefficient (Wildman–Crippen LogP) is 2.95. The maximum absolute atomic E-state index is 12.3. The van der Waals surface area contributed by atoms with Gasteiger partial charge in [-0.05, 0) is 31.4 Å². The molecule has 1 saturated heterocycles. The molecule has 0 spiro atoms. The van der Waals surface area contributed by atoms with Crippen LogP contribution in [0.5, 0.6) is 0 Å². The molecule has 0 N–H and O–H groups in total. The molecule has 2 amide bonds. The van der Waals surface area contributed by atoms with Crippen LogP contribution >= 0.6 is 0 Å².